The average molecular weight is 226 g/mol. The third-order valence-corrected chi connectivity index (χ3v) is 1.97. The van der Waals surface area contributed by atoms with Crippen LogP contribution in [-0.4, -0.2) is 37.1 Å². The summed E-state index contributed by atoms with van der Waals surface area (Å²) < 4.78 is 4.57. The van der Waals surface area contributed by atoms with E-state index in [-0.39, 0.29) is 12.5 Å². The molecular weight excluding hydrogens is 208 g/mol. The largest absolute Gasteiger partial charge is 0.467 e. The quantitative estimate of drug-likeness (QED) is 0.497. The van der Waals surface area contributed by atoms with E-state index in [1.54, 1.807) is 13.8 Å². The lowest BCUT2D eigenvalue weighted by molar-refractivity contribution is -0.144. The van der Waals surface area contributed by atoms with E-state index in [1.807, 2.05) is 0 Å². The molecule has 1 unspecified atom stereocenters. The number of hydrogen-bond donors (Lipinski definition) is 2. The zero-order chi connectivity index (χ0) is 12.8. The Morgan fingerprint density at radius 2 is 2.06 bits per heavy atom. The molecule has 0 saturated heterocycles. The van der Waals surface area contributed by atoms with Crippen molar-refractivity contribution in [2.75, 3.05) is 13.7 Å². The molecule has 2 N–H and O–H groups in total. The number of amides is 1. The van der Waals surface area contributed by atoms with Crippen molar-refractivity contribution in [1.82, 2.24) is 10.6 Å². The number of methoxy groups -OCH3 is 1. The molecule has 0 aromatic carbocycles. The molecule has 0 spiro atoms. The topological polar surface area (TPSA) is 67.4 Å². The fourth-order valence-corrected chi connectivity index (χ4v) is 0.989. The minimum Gasteiger partial charge on any atom is -0.467 e. The van der Waals surface area contributed by atoms with Crippen molar-refractivity contribution in [3.8, 4) is 12.3 Å². The number of hydrogen-bond acceptors (Lipinski definition) is 4. The lowest BCUT2D eigenvalue weighted by atomic mass is 10.1. The molecule has 0 aliphatic rings. The van der Waals surface area contributed by atoms with Crippen molar-refractivity contribution in [3.05, 3.63) is 0 Å². The number of terminal acetylenes is 1. The van der Waals surface area contributed by atoms with Crippen molar-refractivity contribution in [2.45, 2.75) is 32.4 Å². The summed E-state index contributed by atoms with van der Waals surface area (Å²) in [7, 11) is 1.27. The molecule has 0 heterocycles. The third-order valence-electron chi connectivity index (χ3n) is 1.97. The van der Waals surface area contributed by atoms with Crippen LogP contribution in [0.2, 0.25) is 0 Å². The van der Waals surface area contributed by atoms with Crippen LogP contribution in [0.1, 0.15) is 20.8 Å². The first kappa shape index (κ1) is 14.5. The van der Waals surface area contributed by atoms with E-state index in [0.29, 0.717) is 0 Å². The predicted molar refractivity (Wildman–Crippen MR) is 60.5 cm³/mol. The highest BCUT2D eigenvalue weighted by Gasteiger charge is 2.23. The fourth-order valence-electron chi connectivity index (χ4n) is 0.989. The number of nitrogens with one attached hydrogen (secondary N) is 2. The molecule has 1 atom stereocenters. The van der Waals surface area contributed by atoms with Gasteiger partial charge in [-0.25, -0.2) is 4.79 Å². The highest BCUT2D eigenvalue weighted by Crippen LogP contribution is 1.99. The smallest absolute Gasteiger partial charge is 0.329 e. The molecule has 0 aromatic rings. The number of carbonyl (C=O) groups is 2. The number of rotatable bonds is 5. The van der Waals surface area contributed by atoms with Gasteiger partial charge in [0.2, 0.25) is 5.91 Å². The van der Waals surface area contributed by atoms with Gasteiger partial charge in [-0.05, 0) is 13.8 Å². The summed E-state index contributed by atoms with van der Waals surface area (Å²) >= 11 is 0. The molecule has 5 nitrogen and oxygen atoms in total. The van der Waals surface area contributed by atoms with Gasteiger partial charge >= 0.3 is 5.97 Å². The van der Waals surface area contributed by atoms with Gasteiger partial charge in [-0.3, -0.25) is 10.1 Å². The van der Waals surface area contributed by atoms with Gasteiger partial charge in [-0.1, -0.05) is 5.92 Å². The Morgan fingerprint density at radius 1 is 1.50 bits per heavy atom. The number of ether oxygens (including phenoxy) is 1. The van der Waals surface area contributed by atoms with Gasteiger partial charge in [0, 0.05) is 13.5 Å². The lowest BCUT2D eigenvalue weighted by Gasteiger charge is -2.23. The van der Waals surface area contributed by atoms with Gasteiger partial charge in [0.1, 0.15) is 6.04 Å². The van der Waals surface area contributed by atoms with Gasteiger partial charge in [0.25, 0.3) is 0 Å². The zero-order valence-electron chi connectivity index (χ0n) is 10.1. The van der Waals surface area contributed by atoms with Crippen LogP contribution >= 0.6 is 0 Å². The first-order valence-electron chi connectivity index (χ1n) is 4.90. The molecule has 16 heavy (non-hydrogen) atoms. The Balaban J connectivity index is 4.40. The van der Waals surface area contributed by atoms with E-state index >= 15 is 0 Å². The number of carbonyl (C=O) groups excluding carboxylic acids is 2. The second-order valence-electron chi connectivity index (χ2n) is 3.93. The molecule has 0 radical (unpaired) electrons. The number of esters is 1. The normalized spacial score (nSPS) is 12.4. The maximum absolute atomic E-state index is 11.3. The van der Waals surface area contributed by atoms with E-state index < -0.39 is 17.6 Å². The van der Waals surface area contributed by atoms with Gasteiger partial charge in [-0.15, -0.1) is 6.42 Å². The van der Waals surface area contributed by atoms with E-state index in [2.05, 4.69) is 21.3 Å². The Morgan fingerprint density at radius 3 is 2.44 bits per heavy atom. The van der Waals surface area contributed by atoms with Crippen molar-refractivity contribution in [1.29, 1.82) is 0 Å². The molecular formula is C11H18N2O3. The summed E-state index contributed by atoms with van der Waals surface area (Å²) in [5.74, 6) is 1.73. The maximum Gasteiger partial charge on any atom is 0.329 e. The maximum atomic E-state index is 11.3. The van der Waals surface area contributed by atoms with Gasteiger partial charge in [0.05, 0.1) is 12.6 Å². The molecule has 1 amide bonds. The Hall–Kier alpha value is -1.54. The van der Waals surface area contributed by atoms with Crippen LogP contribution in [0.4, 0.5) is 0 Å². The monoisotopic (exact) mass is 226 g/mol. The van der Waals surface area contributed by atoms with Crippen molar-refractivity contribution in [2.24, 2.45) is 0 Å². The van der Waals surface area contributed by atoms with E-state index in [4.69, 9.17) is 6.42 Å². The summed E-state index contributed by atoms with van der Waals surface area (Å²) in [5, 5.41) is 5.46. The highest BCUT2D eigenvalue weighted by atomic mass is 16.5. The SMILES string of the molecule is C#CC(C)(C)NCC(NC(C)=O)C(=O)OC. The molecule has 0 rings (SSSR count). The molecule has 5 heteroatoms. The zero-order valence-corrected chi connectivity index (χ0v) is 10.1. The molecule has 0 aliphatic heterocycles. The first-order valence-corrected chi connectivity index (χ1v) is 4.90. The van der Waals surface area contributed by atoms with Crippen LogP contribution in [0.3, 0.4) is 0 Å². The van der Waals surface area contributed by atoms with Crippen molar-refractivity contribution in [3.63, 3.8) is 0 Å². The molecule has 0 bridgehead atoms. The van der Waals surface area contributed by atoms with E-state index in [9.17, 15) is 9.59 Å². The summed E-state index contributed by atoms with van der Waals surface area (Å²) in [6.45, 7) is 5.16. The van der Waals surface area contributed by atoms with Gasteiger partial charge in [-0.2, -0.15) is 0 Å². The standard InChI is InChI=1S/C11H18N2O3/c1-6-11(3,4)12-7-9(10(15)16-5)13-8(2)14/h1,9,12H,7H2,2-5H3,(H,13,14). The van der Waals surface area contributed by atoms with Crippen LogP contribution in [0, 0.1) is 12.3 Å². The summed E-state index contributed by atoms with van der Waals surface area (Å²) in [6, 6.07) is -0.727. The molecule has 90 valence electrons. The van der Waals surface area contributed by atoms with Crippen molar-refractivity contribution >= 4 is 11.9 Å². The second kappa shape index (κ2) is 6.13. The fraction of sp³-hybridized carbons (Fsp3) is 0.636. The summed E-state index contributed by atoms with van der Waals surface area (Å²) in [5.41, 5.74) is -0.537. The van der Waals surface area contributed by atoms with Crippen LogP contribution in [0.25, 0.3) is 0 Å². The molecule has 0 fully saturated rings. The molecule has 0 aliphatic carbocycles. The highest BCUT2D eigenvalue weighted by molar-refractivity contribution is 5.83. The lowest BCUT2D eigenvalue weighted by Crippen LogP contribution is -2.51. The Labute approximate surface area is 95.9 Å². The van der Waals surface area contributed by atoms with Gasteiger partial charge < -0.3 is 10.1 Å². The Kier molecular flexibility index (Phi) is 5.54. The minimum absolute atomic E-state index is 0.226. The van der Waals surface area contributed by atoms with E-state index in [1.165, 1.54) is 14.0 Å². The van der Waals surface area contributed by atoms with Crippen LogP contribution < -0.4 is 10.6 Å². The first-order chi connectivity index (χ1) is 7.32. The molecule has 0 saturated carbocycles. The van der Waals surface area contributed by atoms with Crippen molar-refractivity contribution < 1.29 is 14.3 Å². The van der Waals surface area contributed by atoms with Crippen LogP contribution in [-0.2, 0) is 14.3 Å². The summed E-state index contributed by atoms with van der Waals surface area (Å²) in [6.07, 6.45) is 5.29. The van der Waals surface area contributed by atoms with E-state index in [0.717, 1.165) is 0 Å². The second-order valence-corrected chi connectivity index (χ2v) is 3.93. The van der Waals surface area contributed by atoms with Gasteiger partial charge in [0.15, 0.2) is 0 Å². The summed E-state index contributed by atoms with van der Waals surface area (Å²) in [4.78, 5) is 22.2. The Bertz CT molecular complexity index is 305. The average Bonchev–Trinajstić information content (AvgIpc) is 2.22. The predicted octanol–water partition coefficient (Wildman–Crippen LogP) is -0.334. The minimum atomic E-state index is -0.727. The third kappa shape index (κ3) is 5.37. The molecule has 0 aromatic heterocycles. The van der Waals surface area contributed by atoms with Crippen LogP contribution in [0.15, 0.2) is 0 Å². The van der Waals surface area contributed by atoms with Crippen LogP contribution in [0.5, 0.6) is 0 Å².